The van der Waals surface area contributed by atoms with Gasteiger partial charge in [0, 0.05) is 32.0 Å². The van der Waals surface area contributed by atoms with E-state index in [4.69, 9.17) is 23.2 Å². The third-order valence-corrected chi connectivity index (χ3v) is 8.28. The normalized spacial score (nSPS) is 18.2. The van der Waals surface area contributed by atoms with Gasteiger partial charge in [0.1, 0.15) is 5.82 Å². The molecular formula is C25H25Cl2FN6OS. The molecule has 2 aromatic carbocycles. The molecule has 1 aliphatic carbocycles. The third-order valence-electron chi connectivity index (χ3n) is 6.73. The van der Waals surface area contributed by atoms with Gasteiger partial charge in [-0.05, 0) is 56.5 Å². The second-order valence-electron chi connectivity index (χ2n) is 9.05. The molecule has 2 fully saturated rings. The predicted octanol–water partition coefficient (Wildman–Crippen LogP) is 4.95. The largest absolute Gasteiger partial charge is 0.345 e. The van der Waals surface area contributed by atoms with Gasteiger partial charge < -0.3 is 9.80 Å². The fourth-order valence-corrected chi connectivity index (χ4v) is 6.04. The minimum absolute atomic E-state index is 0.143. The highest BCUT2D eigenvalue weighted by molar-refractivity contribution is 7.83. The number of rotatable bonds is 5. The van der Waals surface area contributed by atoms with Crippen molar-refractivity contribution in [1.29, 1.82) is 0 Å². The average molecular weight is 547 g/mol. The van der Waals surface area contributed by atoms with Crippen LogP contribution in [-0.2, 0) is 11.0 Å². The molecule has 1 aromatic heterocycles. The van der Waals surface area contributed by atoms with Crippen molar-refractivity contribution in [2.75, 3.05) is 24.5 Å². The van der Waals surface area contributed by atoms with Gasteiger partial charge in [0.05, 0.1) is 26.0 Å². The smallest absolute Gasteiger partial charge is 0.225 e. The number of piperazine rings is 1. The van der Waals surface area contributed by atoms with E-state index in [2.05, 4.69) is 29.7 Å². The summed E-state index contributed by atoms with van der Waals surface area (Å²) in [5, 5.41) is 4.88. The standard InChI is InChI=1S/C25H25Cl2FN6OS/c1-17-4-6-19(7-5-17)36(35)32-31-23(22-20(26)14-18(28)15-21(22)27)34-13-12-33(16-25(34)8-2-9-25)24-29-10-3-11-30-24/h3-7,10-11,14-15,32H,2,8-9,12-13,16H2,1H3/b31-23+. The van der Waals surface area contributed by atoms with E-state index in [0.29, 0.717) is 41.9 Å². The number of hydrogen-bond donors (Lipinski definition) is 1. The number of nitrogens with one attached hydrogen (secondary N) is 1. The number of hydrogen-bond acceptors (Lipinski definition) is 5. The van der Waals surface area contributed by atoms with Crippen LogP contribution in [0.3, 0.4) is 0 Å². The van der Waals surface area contributed by atoms with Crippen molar-refractivity contribution in [3.05, 3.63) is 81.8 Å². The number of anilines is 1. The second-order valence-corrected chi connectivity index (χ2v) is 11.1. The van der Waals surface area contributed by atoms with Crippen LogP contribution in [0, 0.1) is 12.7 Å². The van der Waals surface area contributed by atoms with E-state index in [1.807, 2.05) is 19.1 Å². The molecule has 2 aliphatic rings. The molecule has 1 atom stereocenters. The number of halogens is 3. The second kappa shape index (κ2) is 10.3. The molecule has 1 aliphatic heterocycles. The van der Waals surface area contributed by atoms with Gasteiger partial charge in [0.15, 0.2) is 16.8 Å². The number of hydrazone groups is 1. The van der Waals surface area contributed by atoms with E-state index in [1.54, 1.807) is 30.6 Å². The molecule has 2 heterocycles. The molecule has 1 saturated heterocycles. The van der Waals surface area contributed by atoms with Crippen LogP contribution in [0.2, 0.25) is 10.0 Å². The molecule has 1 saturated carbocycles. The lowest BCUT2D eigenvalue weighted by Gasteiger charge is -2.57. The highest BCUT2D eigenvalue weighted by Crippen LogP contribution is 2.43. The maximum Gasteiger partial charge on any atom is 0.225 e. The van der Waals surface area contributed by atoms with Crippen molar-refractivity contribution < 1.29 is 8.60 Å². The van der Waals surface area contributed by atoms with Gasteiger partial charge in [-0.25, -0.2) is 23.4 Å². The van der Waals surface area contributed by atoms with Crippen LogP contribution in [-0.4, -0.2) is 50.1 Å². The summed E-state index contributed by atoms with van der Waals surface area (Å²) >= 11 is 13.0. The minimum Gasteiger partial charge on any atom is -0.345 e. The van der Waals surface area contributed by atoms with E-state index in [9.17, 15) is 8.60 Å². The molecule has 36 heavy (non-hydrogen) atoms. The van der Waals surface area contributed by atoms with Crippen LogP contribution in [0.5, 0.6) is 0 Å². The summed E-state index contributed by atoms with van der Waals surface area (Å²) in [5.41, 5.74) is 1.21. The molecule has 1 spiro atoms. The number of benzene rings is 2. The highest BCUT2D eigenvalue weighted by atomic mass is 35.5. The summed E-state index contributed by atoms with van der Waals surface area (Å²) in [7, 11) is -1.61. The van der Waals surface area contributed by atoms with E-state index < -0.39 is 16.8 Å². The maximum atomic E-state index is 14.0. The topological polar surface area (TPSA) is 73.7 Å². The third kappa shape index (κ3) is 4.92. The summed E-state index contributed by atoms with van der Waals surface area (Å²) in [6, 6.07) is 11.6. The van der Waals surface area contributed by atoms with Crippen molar-refractivity contribution in [3.8, 4) is 0 Å². The molecule has 0 amide bonds. The molecule has 0 bridgehead atoms. The molecule has 1 unspecified atom stereocenters. The van der Waals surface area contributed by atoms with Crippen LogP contribution >= 0.6 is 23.2 Å². The highest BCUT2D eigenvalue weighted by Gasteiger charge is 2.49. The summed E-state index contributed by atoms with van der Waals surface area (Å²) in [6.45, 7) is 3.88. The van der Waals surface area contributed by atoms with Crippen LogP contribution in [0.1, 0.15) is 30.4 Å². The van der Waals surface area contributed by atoms with Crippen molar-refractivity contribution >= 4 is 46.0 Å². The van der Waals surface area contributed by atoms with E-state index in [-0.39, 0.29) is 15.6 Å². The first-order valence-electron chi connectivity index (χ1n) is 11.6. The lowest BCUT2D eigenvalue weighted by atomic mass is 9.73. The van der Waals surface area contributed by atoms with Crippen molar-refractivity contribution in [3.63, 3.8) is 0 Å². The zero-order valence-electron chi connectivity index (χ0n) is 19.6. The van der Waals surface area contributed by atoms with Crippen LogP contribution < -0.4 is 9.73 Å². The first-order chi connectivity index (χ1) is 17.4. The summed E-state index contributed by atoms with van der Waals surface area (Å²) in [5.74, 6) is 0.589. The molecule has 3 aromatic rings. The van der Waals surface area contributed by atoms with Crippen molar-refractivity contribution in [1.82, 2.24) is 19.7 Å². The zero-order chi connectivity index (χ0) is 25.3. The molecule has 0 radical (unpaired) electrons. The van der Waals surface area contributed by atoms with E-state index in [1.165, 1.54) is 12.1 Å². The minimum atomic E-state index is -1.61. The Labute approximate surface area is 221 Å². The number of amidine groups is 1. The lowest BCUT2D eigenvalue weighted by Crippen LogP contribution is -2.67. The predicted molar refractivity (Wildman–Crippen MR) is 141 cm³/mol. The van der Waals surface area contributed by atoms with Gasteiger partial charge in [0.25, 0.3) is 0 Å². The Hall–Kier alpha value is -2.75. The molecule has 1 N–H and O–H groups in total. The van der Waals surface area contributed by atoms with Crippen LogP contribution in [0.4, 0.5) is 10.3 Å². The SMILES string of the molecule is Cc1ccc(S(=O)N/N=C(\c2c(Cl)cc(F)cc2Cl)N2CCN(c3ncccn3)CC23CCC3)cc1. The molecule has 11 heteroatoms. The van der Waals surface area contributed by atoms with Crippen LogP contribution in [0.15, 0.2) is 64.9 Å². The van der Waals surface area contributed by atoms with E-state index >= 15 is 0 Å². The molecule has 188 valence electrons. The monoisotopic (exact) mass is 546 g/mol. The van der Waals surface area contributed by atoms with Gasteiger partial charge in [-0.2, -0.15) is 0 Å². The summed E-state index contributed by atoms with van der Waals surface area (Å²) in [4.78, 5) is 16.5. The Kier molecular flexibility index (Phi) is 7.14. The fourth-order valence-electron chi connectivity index (χ4n) is 4.75. The Morgan fingerprint density at radius 3 is 2.39 bits per heavy atom. The molecular weight excluding hydrogens is 522 g/mol. The van der Waals surface area contributed by atoms with Crippen LogP contribution in [0.25, 0.3) is 0 Å². The first-order valence-corrected chi connectivity index (χ1v) is 13.5. The fraction of sp³-hybridized carbons (Fsp3) is 0.320. The average Bonchev–Trinajstić information content (AvgIpc) is 2.85. The number of nitrogens with zero attached hydrogens (tertiary/aromatic N) is 5. The lowest BCUT2D eigenvalue weighted by molar-refractivity contribution is 0.0648. The van der Waals surface area contributed by atoms with Crippen molar-refractivity contribution in [2.45, 2.75) is 36.6 Å². The Morgan fingerprint density at radius 2 is 1.78 bits per heavy atom. The quantitative estimate of drug-likeness (QED) is 0.278. The maximum absolute atomic E-state index is 14.0. The Bertz CT molecular complexity index is 1280. The van der Waals surface area contributed by atoms with Gasteiger partial charge in [-0.1, -0.05) is 40.9 Å². The van der Waals surface area contributed by atoms with Gasteiger partial charge in [-0.3, -0.25) is 0 Å². The Balaban J connectivity index is 1.51. The summed E-state index contributed by atoms with van der Waals surface area (Å²) < 4.78 is 27.0. The van der Waals surface area contributed by atoms with E-state index in [0.717, 1.165) is 24.8 Å². The first kappa shape index (κ1) is 24.9. The molecule has 5 rings (SSSR count). The Morgan fingerprint density at radius 1 is 1.11 bits per heavy atom. The number of aryl methyl sites for hydroxylation is 1. The van der Waals surface area contributed by atoms with Gasteiger partial charge >= 0.3 is 0 Å². The van der Waals surface area contributed by atoms with Gasteiger partial charge in [-0.15, -0.1) is 5.10 Å². The zero-order valence-corrected chi connectivity index (χ0v) is 22.0. The van der Waals surface area contributed by atoms with Gasteiger partial charge in [0.2, 0.25) is 5.95 Å². The van der Waals surface area contributed by atoms with Crippen molar-refractivity contribution in [2.24, 2.45) is 5.10 Å². The molecule has 7 nitrogen and oxygen atoms in total. The summed E-state index contributed by atoms with van der Waals surface area (Å²) in [6.07, 6.45) is 6.37. The number of aromatic nitrogens is 2.